The largest absolute Gasteiger partial charge is 0.421 e. The van der Waals surface area contributed by atoms with E-state index >= 15 is 4.39 Å². The fourth-order valence-corrected chi connectivity index (χ4v) is 4.50. The van der Waals surface area contributed by atoms with Crippen molar-refractivity contribution >= 4 is 34.4 Å². The lowest BCUT2D eigenvalue weighted by Gasteiger charge is -2.37. The molecule has 0 radical (unpaired) electrons. The van der Waals surface area contributed by atoms with Gasteiger partial charge in [-0.2, -0.15) is 15.1 Å². The number of hydrogen-bond donors (Lipinski definition) is 4. The van der Waals surface area contributed by atoms with Crippen LogP contribution in [0.4, 0.5) is 26.2 Å². The lowest BCUT2D eigenvalue weighted by atomic mass is 10.1. The number of ether oxygens (including phenoxy) is 1. The van der Waals surface area contributed by atoms with E-state index in [0.717, 1.165) is 11.8 Å². The Hall–Kier alpha value is -3.99. The Morgan fingerprint density at radius 2 is 1.86 bits per heavy atom. The molecule has 1 saturated heterocycles. The summed E-state index contributed by atoms with van der Waals surface area (Å²) < 4.78 is 35.6. The van der Waals surface area contributed by atoms with Crippen LogP contribution >= 0.6 is 0 Å². The second kappa shape index (κ2) is 9.57. The third kappa shape index (κ3) is 4.87. The Labute approximate surface area is 207 Å². The average Bonchev–Trinajstić information content (AvgIpc) is 3.43. The van der Waals surface area contributed by atoms with Crippen LogP contribution in [0.15, 0.2) is 30.3 Å². The van der Waals surface area contributed by atoms with Crippen LogP contribution in [0.2, 0.25) is 0 Å². The van der Waals surface area contributed by atoms with Gasteiger partial charge in [-0.15, -0.1) is 0 Å². The highest BCUT2D eigenvalue weighted by molar-refractivity contribution is 5.83. The number of benzene rings is 1. The number of nitrogens with one attached hydrogen (secondary N) is 4. The van der Waals surface area contributed by atoms with Crippen LogP contribution in [0.25, 0.3) is 17.0 Å². The number of aromatic amines is 2. The lowest BCUT2D eigenvalue weighted by molar-refractivity contribution is 0.396. The van der Waals surface area contributed by atoms with Gasteiger partial charge in [-0.05, 0) is 39.8 Å². The number of fused-ring (bicyclic) bond motifs is 1. The molecule has 5 rings (SSSR count). The fourth-order valence-electron chi connectivity index (χ4n) is 4.50. The van der Waals surface area contributed by atoms with Crippen LogP contribution < -0.4 is 20.3 Å². The molecular formula is C25H28F2N8O. The molecule has 0 bridgehead atoms. The molecule has 4 aromatic rings. The van der Waals surface area contributed by atoms with Crippen molar-refractivity contribution in [3.8, 4) is 11.8 Å². The van der Waals surface area contributed by atoms with E-state index in [1.165, 1.54) is 6.07 Å². The van der Waals surface area contributed by atoms with Crippen molar-refractivity contribution in [2.24, 2.45) is 0 Å². The van der Waals surface area contributed by atoms with Gasteiger partial charge in [0.15, 0.2) is 23.2 Å². The monoisotopic (exact) mass is 494 g/mol. The number of anilines is 3. The van der Waals surface area contributed by atoms with Gasteiger partial charge < -0.3 is 25.3 Å². The summed E-state index contributed by atoms with van der Waals surface area (Å²) in [7, 11) is 0. The molecule has 1 fully saturated rings. The van der Waals surface area contributed by atoms with Gasteiger partial charge in [0.25, 0.3) is 0 Å². The van der Waals surface area contributed by atoms with Crippen LogP contribution in [0.5, 0.6) is 11.8 Å². The summed E-state index contributed by atoms with van der Waals surface area (Å²) in [5, 5.41) is 13.9. The van der Waals surface area contributed by atoms with Crippen molar-refractivity contribution in [3.63, 3.8) is 0 Å². The minimum atomic E-state index is -0.688. The number of nitrogens with zero attached hydrogens (tertiary/aromatic N) is 4. The molecule has 9 nitrogen and oxygen atoms in total. The minimum absolute atomic E-state index is 0.0913. The van der Waals surface area contributed by atoms with Crippen molar-refractivity contribution in [1.82, 2.24) is 30.5 Å². The van der Waals surface area contributed by atoms with Crippen LogP contribution in [0.1, 0.15) is 32.2 Å². The molecular weight excluding hydrogens is 466 g/mol. The van der Waals surface area contributed by atoms with Gasteiger partial charge >= 0.3 is 6.01 Å². The maximum atomic E-state index is 15.2. The smallest absolute Gasteiger partial charge is 0.326 e. The standard InChI is InChI=1S/C25H28F2N8O/c1-5-6-16-8-21(34-33-16)30-20-10-22(35-11-14(3)28-15(4)12-35)32-25(31-20)36-19-9-18(26)24-17(23(19)27)7-13(2)29-24/h5-10,14-15,28-29H,11-12H2,1-4H3,(H2,30,31,32,33,34)/b6-5+/t14-,15+. The fraction of sp³-hybridized carbons (Fsp3) is 0.320. The minimum Gasteiger partial charge on any atom is -0.421 e. The summed E-state index contributed by atoms with van der Waals surface area (Å²) in [6.45, 7) is 9.27. The summed E-state index contributed by atoms with van der Waals surface area (Å²) in [5.41, 5.74) is 1.56. The summed E-state index contributed by atoms with van der Waals surface area (Å²) in [6.07, 6.45) is 3.78. The van der Waals surface area contributed by atoms with E-state index in [1.807, 2.05) is 25.1 Å². The van der Waals surface area contributed by atoms with E-state index in [4.69, 9.17) is 4.74 Å². The zero-order valence-electron chi connectivity index (χ0n) is 20.5. The van der Waals surface area contributed by atoms with Gasteiger partial charge in [0, 0.05) is 54.5 Å². The van der Waals surface area contributed by atoms with Gasteiger partial charge in [-0.1, -0.05) is 6.08 Å². The topological polar surface area (TPSA) is 107 Å². The Morgan fingerprint density at radius 1 is 1.08 bits per heavy atom. The van der Waals surface area contributed by atoms with E-state index in [9.17, 15) is 4.39 Å². The van der Waals surface area contributed by atoms with Gasteiger partial charge in [-0.25, -0.2) is 8.78 Å². The molecule has 3 aromatic heterocycles. The molecule has 0 unspecified atom stereocenters. The van der Waals surface area contributed by atoms with E-state index < -0.39 is 11.6 Å². The Kier molecular flexibility index (Phi) is 6.31. The first-order valence-electron chi connectivity index (χ1n) is 11.8. The predicted octanol–water partition coefficient (Wildman–Crippen LogP) is 5.02. The first-order valence-corrected chi connectivity index (χ1v) is 11.8. The average molecular weight is 495 g/mol. The Morgan fingerprint density at radius 3 is 2.61 bits per heavy atom. The van der Waals surface area contributed by atoms with E-state index in [2.05, 4.69) is 54.5 Å². The maximum absolute atomic E-state index is 15.2. The Balaban J connectivity index is 1.52. The third-order valence-corrected chi connectivity index (χ3v) is 5.88. The predicted molar refractivity (Wildman–Crippen MR) is 136 cm³/mol. The van der Waals surface area contributed by atoms with Crippen molar-refractivity contribution in [2.75, 3.05) is 23.3 Å². The normalized spacial score (nSPS) is 18.3. The van der Waals surface area contributed by atoms with Crippen LogP contribution in [-0.4, -0.2) is 50.3 Å². The maximum Gasteiger partial charge on any atom is 0.326 e. The number of H-pyrrole nitrogens is 2. The summed E-state index contributed by atoms with van der Waals surface area (Å²) in [6, 6.07) is 6.53. The summed E-state index contributed by atoms with van der Waals surface area (Å²) in [4.78, 5) is 13.9. The van der Waals surface area contributed by atoms with Gasteiger partial charge in [0.1, 0.15) is 11.6 Å². The second-order valence-electron chi connectivity index (χ2n) is 9.11. The number of hydrogen-bond acceptors (Lipinski definition) is 7. The molecule has 0 aliphatic carbocycles. The van der Waals surface area contributed by atoms with Gasteiger partial charge in [-0.3, -0.25) is 5.10 Å². The molecule has 0 amide bonds. The molecule has 1 aromatic carbocycles. The van der Waals surface area contributed by atoms with Crippen LogP contribution in [0, 0.1) is 18.6 Å². The first kappa shape index (κ1) is 23.7. The molecule has 0 saturated carbocycles. The highest BCUT2D eigenvalue weighted by Crippen LogP contribution is 2.33. The van der Waals surface area contributed by atoms with Crippen molar-refractivity contribution in [2.45, 2.75) is 39.8 Å². The van der Waals surface area contributed by atoms with Crippen molar-refractivity contribution < 1.29 is 13.5 Å². The number of rotatable bonds is 6. The molecule has 4 N–H and O–H groups in total. The van der Waals surface area contributed by atoms with Crippen LogP contribution in [0.3, 0.4) is 0 Å². The number of piperazine rings is 1. The van der Waals surface area contributed by atoms with Gasteiger partial charge in [0.05, 0.1) is 11.2 Å². The molecule has 36 heavy (non-hydrogen) atoms. The van der Waals surface area contributed by atoms with E-state index in [0.29, 0.717) is 36.2 Å². The Bertz CT molecular complexity index is 1420. The molecule has 188 valence electrons. The quantitative estimate of drug-likeness (QED) is 0.298. The molecule has 0 spiro atoms. The third-order valence-electron chi connectivity index (χ3n) is 5.88. The number of allylic oxidation sites excluding steroid dienone is 1. The van der Waals surface area contributed by atoms with Crippen LogP contribution in [-0.2, 0) is 0 Å². The SMILES string of the molecule is C/C=C/c1cc(Nc2cc(N3C[C@@H](C)N[C@@H](C)C3)nc(Oc3cc(F)c4[nH]c(C)cc4c3F)n2)n[nH]1. The van der Waals surface area contributed by atoms with E-state index in [1.54, 1.807) is 13.0 Å². The molecule has 1 aliphatic heterocycles. The summed E-state index contributed by atoms with van der Waals surface area (Å²) >= 11 is 0. The first-order chi connectivity index (χ1) is 17.3. The second-order valence-corrected chi connectivity index (χ2v) is 9.11. The van der Waals surface area contributed by atoms with Crippen molar-refractivity contribution in [3.05, 3.63) is 53.4 Å². The highest BCUT2D eigenvalue weighted by atomic mass is 19.1. The number of aryl methyl sites for hydroxylation is 1. The molecule has 4 heterocycles. The molecule has 1 aliphatic rings. The zero-order valence-corrected chi connectivity index (χ0v) is 20.5. The number of halogens is 2. The zero-order chi connectivity index (χ0) is 25.4. The van der Waals surface area contributed by atoms with E-state index in [-0.39, 0.29) is 34.7 Å². The number of aromatic nitrogens is 5. The molecule has 11 heteroatoms. The highest BCUT2D eigenvalue weighted by Gasteiger charge is 2.24. The molecule has 2 atom stereocenters. The van der Waals surface area contributed by atoms with Gasteiger partial charge in [0.2, 0.25) is 0 Å². The van der Waals surface area contributed by atoms with Crippen molar-refractivity contribution in [1.29, 1.82) is 0 Å². The summed E-state index contributed by atoms with van der Waals surface area (Å²) in [5.74, 6) is -0.0478. The lowest BCUT2D eigenvalue weighted by Crippen LogP contribution is -2.54.